The van der Waals surface area contributed by atoms with Crippen LogP contribution in [0, 0.1) is 5.82 Å². The molecule has 2 aliphatic carbocycles. The van der Waals surface area contributed by atoms with Crippen LogP contribution in [0.5, 0.6) is 0 Å². The van der Waals surface area contributed by atoms with E-state index in [0.717, 1.165) is 54.7 Å². The van der Waals surface area contributed by atoms with Crippen molar-refractivity contribution >= 4 is 11.9 Å². The summed E-state index contributed by atoms with van der Waals surface area (Å²) in [6.45, 7) is 0.405. The van der Waals surface area contributed by atoms with Gasteiger partial charge in [-0.3, -0.25) is 9.69 Å². The smallest absolute Gasteiger partial charge is 0.312 e. The molecule has 0 spiro atoms. The number of nitrogens with zero attached hydrogens (tertiary/aromatic N) is 4. The quantitative estimate of drug-likeness (QED) is 0.793. The molecular formula is C19H19FN4O2. The molecule has 3 aliphatic rings. The van der Waals surface area contributed by atoms with E-state index in [9.17, 15) is 14.0 Å². The Morgan fingerprint density at radius 2 is 1.88 bits per heavy atom. The zero-order valence-electron chi connectivity index (χ0n) is 14.3. The molecule has 1 saturated heterocycles. The largest absolute Gasteiger partial charge is 0.327 e. The fourth-order valence-electron chi connectivity index (χ4n) is 3.97. The van der Waals surface area contributed by atoms with Crippen LogP contribution in [0.15, 0.2) is 24.3 Å². The van der Waals surface area contributed by atoms with Gasteiger partial charge in [-0.2, -0.15) is 5.10 Å². The SMILES string of the molecule is O=C1CN(C2CC2)C(=O)N1Cc1nn(-c2ccc(F)cc2)c2c1CCC2. The molecule has 1 saturated carbocycles. The topological polar surface area (TPSA) is 58.4 Å². The Morgan fingerprint density at radius 1 is 1.12 bits per heavy atom. The van der Waals surface area contributed by atoms with E-state index in [1.54, 1.807) is 17.0 Å². The van der Waals surface area contributed by atoms with E-state index in [1.807, 2.05) is 4.68 Å². The van der Waals surface area contributed by atoms with Crippen LogP contribution in [0.1, 0.15) is 36.2 Å². The van der Waals surface area contributed by atoms with Crippen molar-refractivity contribution in [2.75, 3.05) is 6.54 Å². The van der Waals surface area contributed by atoms with Crippen LogP contribution in [0.25, 0.3) is 5.69 Å². The number of amides is 3. The Hall–Kier alpha value is -2.70. The van der Waals surface area contributed by atoms with E-state index >= 15 is 0 Å². The number of halogens is 1. The van der Waals surface area contributed by atoms with Gasteiger partial charge < -0.3 is 4.90 Å². The molecule has 7 heteroatoms. The number of aromatic nitrogens is 2. The van der Waals surface area contributed by atoms with Crippen LogP contribution in [0.4, 0.5) is 9.18 Å². The molecule has 3 amide bonds. The van der Waals surface area contributed by atoms with E-state index in [-0.39, 0.29) is 36.9 Å². The lowest BCUT2D eigenvalue weighted by atomic mass is 10.2. The molecule has 5 rings (SSSR count). The molecule has 1 aliphatic heterocycles. The highest BCUT2D eigenvalue weighted by atomic mass is 19.1. The van der Waals surface area contributed by atoms with E-state index in [0.29, 0.717) is 0 Å². The highest BCUT2D eigenvalue weighted by Gasteiger charge is 2.44. The Labute approximate surface area is 150 Å². The molecule has 1 aromatic heterocycles. The first kappa shape index (κ1) is 15.5. The number of hydrogen-bond acceptors (Lipinski definition) is 3. The third-order valence-corrected chi connectivity index (χ3v) is 5.46. The molecule has 2 aromatic rings. The number of carbonyl (C=O) groups is 2. The molecule has 0 N–H and O–H groups in total. The van der Waals surface area contributed by atoms with Gasteiger partial charge in [0.05, 0.1) is 17.9 Å². The molecular weight excluding hydrogens is 335 g/mol. The zero-order chi connectivity index (χ0) is 17.8. The minimum atomic E-state index is -0.286. The maximum atomic E-state index is 13.2. The summed E-state index contributed by atoms with van der Waals surface area (Å²) < 4.78 is 15.1. The van der Waals surface area contributed by atoms with Crippen molar-refractivity contribution in [1.82, 2.24) is 19.6 Å². The number of imide groups is 1. The molecule has 0 atom stereocenters. The second kappa shape index (κ2) is 5.65. The first-order valence-electron chi connectivity index (χ1n) is 9.08. The van der Waals surface area contributed by atoms with Crippen LogP contribution in [-0.4, -0.2) is 44.1 Å². The Kier molecular flexibility index (Phi) is 3.38. The van der Waals surface area contributed by atoms with Gasteiger partial charge in [-0.15, -0.1) is 0 Å². The Bertz CT molecular complexity index is 901. The van der Waals surface area contributed by atoms with Crippen molar-refractivity contribution in [2.24, 2.45) is 0 Å². The van der Waals surface area contributed by atoms with Crippen LogP contribution in [-0.2, 0) is 24.2 Å². The molecule has 0 unspecified atom stereocenters. The molecule has 2 heterocycles. The molecule has 26 heavy (non-hydrogen) atoms. The number of hydrogen-bond donors (Lipinski definition) is 0. The third kappa shape index (κ3) is 2.41. The van der Waals surface area contributed by atoms with Gasteiger partial charge in [0, 0.05) is 11.7 Å². The predicted molar refractivity (Wildman–Crippen MR) is 91.2 cm³/mol. The summed E-state index contributed by atoms with van der Waals surface area (Å²) in [4.78, 5) is 27.9. The average Bonchev–Trinajstić information content (AvgIpc) is 3.15. The lowest BCUT2D eigenvalue weighted by molar-refractivity contribution is -0.125. The zero-order valence-corrected chi connectivity index (χ0v) is 14.3. The van der Waals surface area contributed by atoms with E-state index in [4.69, 9.17) is 0 Å². The highest BCUT2D eigenvalue weighted by molar-refractivity contribution is 6.02. The minimum absolute atomic E-state index is 0.148. The first-order valence-corrected chi connectivity index (χ1v) is 9.08. The fourth-order valence-corrected chi connectivity index (χ4v) is 3.97. The van der Waals surface area contributed by atoms with Gasteiger partial charge in [0.1, 0.15) is 12.4 Å². The molecule has 134 valence electrons. The first-order chi connectivity index (χ1) is 12.6. The standard InChI is InChI=1S/C19H19FN4O2/c20-12-4-6-14(7-5-12)24-17-3-1-2-15(17)16(21-24)10-23-18(25)11-22(19(23)26)13-8-9-13/h4-7,13H,1-3,8-11H2. The monoisotopic (exact) mass is 354 g/mol. The molecule has 0 radical (unpaired) electrons. The number of urea groups is 1. The van der Waals surface area contributed by atoms with Gasteiger partial charge in [-0.1, -0.05) is 0 Å². The molecule has 6 nitrogen and oxygen atoms in total. The van der Waals surface area contributed by atoms with E-state index < -0.39 is 0 Å². The Morgan fingerprint density at radius 3 is 2.62 bits per heavy atom. The van der Waals surface area contributed by atoms with Crippen molar-refractivity contribution < 1.29 is 14.0 Å². The number of rotatable bonds is 4. The molecule has 1 aromatic carbocycles. The average molecular weight is 354 g/mol. The van der Waals surface area contributed by atoms with Crippen molar-refractivity contribution in [2.45, 2.75) is 44.7 Å². The number of carbonyl (C=O) groups excluding carboxylic acids is 2. The van der Waals surface area contributed by atoms with Crippen LogP contribution in [0.2, 0.25) is 0 Å². The lowest BCUT2D eigenvalue weighted by Crippen LogP contribution is -2.34. The van der Waals surface area contributed by atoms with Crippen molar-refractivity contribution in [3.8, 4) is 5.69 Å². The second-order valence-electron chi connectivity index (χ2n) is 7.24. The number of benzene rings is 1. The predicted octanol–water partition coefficient (Wildman–Crippen LogP) is 2.43. The second-order valence-corrected chi connectivity index (χ2v) is 7.24. The summed E-state index contributed by atoms with van der Waals surface area (Å²) in [7, 11) is 0. The third-order valence-electron chi connectivity index (χ3n) is 5.46. The fraction of sp³-hybridized carbons (Fsp3) is 0.421. The van der Waals surface area contributed by atoms with Crippen molar-refractivity contribution in [3.05, 3.63) is 47.0 Å². The van der Waals surface area contributed by atoms with E-state index in [1.165, 1.54) is 17.0 Å². The van der Waals surface area contributed by atoms with Crippen LogP contribution in [0.3, 0.4) is 0 Å². The van der Waals surface area contributed by atoms with Gasteiger partial charge in [-0.25, -0.2) is 13.9 Å². The van der Waals surface area contributed by atoms with Gasteiger partial charge in [0.25, 0.3) is 5.91 Å². The van der Waals surface area contributed by atoms with E-state index in [2.05, 4.69) is 5.10 Å². The minimum Gasteiger partial charge on any atom is -0.312 e. The maximum absolute atomic E-state index is 13.2. The lowest BCUT2D eigenvalue weighted by Gasteiger charge is -2.16. The highest BCUT2D eigenvalue weighted by Crippen LogP contribution is 2.33. The normalized spacial score (nSPS) is 19.6. The van der Waals surface area contributed by atoms with Crippen LogP contribution < -0.4 is 0 Å². The summed E-state index contributed by atoms with van der Waals surface area (Å²) in [6.07, 6.45) is 4.80. The molecule has 0 bridgehead atoms. The van der Waals surface area contributed by atoms with Crippen molar-refractivity contribution in [3.63, 3.8) is 0 Å². The summed E-state index contributed by atoms with van der Waals surface area (Å²) in [5.74, 6) is -0.434. The van der Waals surface area contributed by atoms with Gasteiger partial charge in [0.2, 0.25) is 0 Å². The summed E-state index contributed by atoms with van der Waals surface area (Å²) in [6, 6.07) is 6.27. The number of fused-ring (bicyclic) bond motifs is 1. The molecule has 2 fully saturated rings. The summed E-state index contributed by atoms with van der Waals surface area (Å²) >= 11 is 0. The Balaban J connectivity index is 1.46. The summed E-state index contributed by atoms with van der Waals surface area (Å²) in [5, 5.41) is 4.68. The van der Waals surface area contributed by atoms with Gasteiger partial charge in [-0.05, 0) is 61.9 Å². The van der Waals surface area contributed by atoms with Gasteiger partial charge >= 0.3 is 6.03 Å². The maximum Gasteiger partial charge on any atom is 0.327 e. The van der Waals surface area contributed by atoms with Crippen molar-refractivity contribution in [1.29, 1.82) is 0 Å². The van der Waals surface area contributed by atoms with Crippen LogP contribution >= 0.6 is 0 Å². The van der Waals surface area contributed by atoms with Gasteiger partial charge in [0.15, 0.2) is 0 Å². The summed E-state index contributed by atoms with van der Waals surface area (Å²) in [5.41, 5.74) is 3.81.